The van der Waals surface area contributed by atoms with Gasteiger partial charge in [-0.2, -0.15) is 15.0 Å². The van der Waals surface area contributed by atoms with Gasteiger partial charge in [-0.05, 0) is 36.1 Å². The first-order valence-corrected chi connectivity index (χ1v) is 11.5. The fourth-order valence-electron chi connectivity index (χ4n) is 3.90. The lowest BCUT2D eigenvalue weighted by atomic mass is 9.96. The van der Waals surface area contributed by atoms with Crippen molar-refractivity contribution in [3.8, 4) is 0 Å². The highest BCUT2D eigenvalue weighted by atomic mass is 15.3. The van der Waals surface area contributed by atoms with E-state index in [9.17, 15) is 0 Å². The average Bonchev–Trinajstić information content (AvgIpc) is 2.83. The van der Waals surface area contributed by atoms with Gasteiger partial charge < -0.3 is 20.9 Å². The highest BCUT2D eigenvalue weighted by Crippen LogP contribution is 2.21. The molecule has 1 aliphatic carbocycles. The summed E-state index contributed by atoms with van der Waals surface area (Å²) in [6.45, 7) is 1.32. The van der Waals surface area contributed by atoms with Crippen molar-refractivity contribution >= 4 is 23.5 Å². The summed E-state index contributed by atoms with van der Waals surface area (Å²) in [6, 6.07) is 19.2. The normalized spacial score (nSPS) is 14.1. The van der Waals surface area contributed by atoms with Crippen molar-refractivity contribution < 1.29 is 0 Å². The van der Waals surface area contributed by atoms with Gasteiger partial charge in [0.15, 0.2) is 0 Å². The second-order valence-electron chi connectivity index (χ2n) is 8.54. The van der Waals surface area contributed by atoms with Crippen LogP contribution in [0, 0.1) is 0 Å². The van der Waals surface area contributed by atoms with Crippen LogP contribution in [-0.2, 0) is 13.1 Å². The maximum absolute atomic E-state index is 4.65. The average molecular weight is 432 g/mol. The number of nitrogens with one attached hydrogen (secondary N) is 3. The van der Waals surface area contributed by atoms with Crippen LogP contribution in [0.25, 0.3) is 0 Å². The molecule has 0 radical (unpaired) electrons. The number of benzene rings is 2. The Bertz CT molecular complexity index is 967. The van der Waals surface area contributed by atoms with Crippen LogP contribution in [0.5, 0.6) is 0 Å². The summed E-state index contributed by atoms with van der Waals surface area (Å²) in [6.07, 6.45) is 6.17. The van der Waals surface area contributed by atoms with E-state index in [0.717, 1.165) is 0 Å². The van der Waals surface area contributed by atoms with E-state index in [1.807, 2.05) is 32.3 Å². The maximum atomic E-state index is 4.65. The van der Waals surface area contributed by atoms with Crippen LogP contribution in [0.2, 0.25) is 0 Å². The third kappa shape index (κ3) is 6.33. The number of hydrogen-bond donors (Lipinski definition) is 3. The van der Waals surface area contributed by atoms with E-state index in [2.05, 4.69) is 72.2 Å². The van der Waals surface area contributed by atoms with Gasteiger partial charge in [-0.1, -0.05) is 61.7 Å². The van der Waals surface area contributed by atoms with Gasteiger partial charge in [0.25, 0.3) is 0 Å². The van der Waals surface area contributed by atoms with Crippen molar-refractivity contribution in [2.75, 3.05) is 34.9 Å². The van der Waals surface area contributed by atoms with Crippen LogP contribution in [0.1, 0.15) is 43.2 Å². The summed E-state index contributed by atoms with van der Waals surface area (Å²) < 4.78 is 0. The Morgan fingerprint density at radius 2 is 1.28 bits per heavy atom. The van der Waals surface area contributed by atoms with E-state index in [1.165, 1.54) is 48.9 Å². The number of anilines is 4. The minimum absolute atomic E-state index is 0.430. The molecule has 0 amide bonds. The molecule has 168 valence electrons. The Hall–Kier alpha value is -3.35. The van der Waals surface area contributed by atoms with E-state index >= 15 is 0 Å². The number of hydrogen-bond acceptors (Lipinski definition) is 7. The molecule has 2 aromatic carbocycles. The third-order valence-corrected chi connectivity index (χ3v) is 5.77. The first-order valence-electron chi connectivity index (χ1n) is 11.5. The van der Waals surface area contributed by atoms with Gasteiger partial charge in [0, 0.05) is 38.9 Å². The predicted molar refractivity (Wildman–Crippen MR) is 132 cm³/mol. The molecule has 4 rings (SSSR count). The molecule has 0 atom stereocenters. The lowest BCUT2D eigenvalue weighted by Gasteiger charge is -2.23. The molecule has 3 N–H and O–H groups in total. The van der Waals surface area contributed by atoms with Crippen LogP contribution in [0.4, 0.5) is 23.5 Å². The van der Waals surface area contributed by atoms with Gasteiger partial charge >= 0.3 is 0 Å². The van der Waals surface area contributed by atoms with Gasteiger partial charge in [-0.3, -0.25) is 0 Å². The maximum Gasteiger partial charge on any atom is 0.229 e. The molecule has 0 saturated heterocycles. The van der Waals surface area contributed by atoms with Crippen molar-refractivity contribution in [3.63, 3.8) is 0 Å². The van der Waals surface area contributed by atoms with E-state index in [-0.39, 0.29) is 0 Å². The van der Waals surface area contributed by atoms with E-state index in [0.29, 0.717) is 37.0 Å². The van der Waals surface area contributed by atoms with Crippen molar-refractivity contribution in [2.45, 2.75) is 51.2 Å². The minimum atomic E-state index is 0.430. The molecule has 3 aromatic rings. The van der Waals surface area contributed by atoms with E-state index in [4.69, 9.17) is 0 Å². The van der Waals surface area contributed by atoms with Crippen LogP contribution >= 0.6 is 0 Å². The second kappa shape index (κ2) is 10.8. The Kier molecular flexibility index (Phi) is 7.38. The minimum Gasteiger partial charge on any atom is -0.378 e. The standard InChI is InChI=1S/C25H33N7/c1-32(2)22-15-13-20(14-16-22)18-27-24-29-23(26-17-19-9-5-3-6-10-19)30-25(31-24)28-21-11-7-4-8-12-21/h3,5-6,9-10,13-16,21H,4,7-8,11-12,17-18H2,1-2H3,(H3,26,27,28,29,30,31). The molecule has 1 heterocycles. The van der Waals surface area contributed by atoms with E-state index in [1.54, 1.807) is 0 Å². The summed E-state index contributed by atoms with van der Waals surface area (Å²) in [4.78, 5) is 16.0. The van der Waals surface area contributed by atoms with Crippen LogP contribution in [0.15, 0.2) is 54.6 Å². The largest absolute Gasteiger partial charge is 0.378 e. The summed E-state index contributed by atoms with van der Waals surface area (Å²) >= 11 is 0. The van der Waals surface area contributed by atoms with Crippen molar-refractivity contribution in [1.82, 2.24) is 15.0 Å². The van der Waals surface area contributed by atoms with Crippen LogP contribution in [0.3, 0.4) is 0 Å². The first kappa shape index (κ1) is 21.9. The smallest absolute Gasteiger partial charge is 0.229 e. The zero-order valence-electron chi connectivity index (χ0n) is 19.0. The predicted octanol–water partition coefficient (Wildman–Crippen LogP) is 4.91. The first-order chi connectivity index (χ1) is 15.7. The topological polar surface area (TPSA) is 78.0 Å². The Labute approximate surface area is 190 Å². The molecule has 0 bridgehead atoms. The van der Waals surface area contributed by atoms with Gasteiger partial charge in [0.05, 0.1) is 0 Å². The fraction of sp³-hybridized carbons (Fsp3) is 0.400. The zero-order valence-corrected chi connectivity index (χ0v) is 19.0. The van der Waals surface area contributed by atoms with Crippen LogP contribution < -0.4 is 20.9 Å². The van der Waals surface area contributed by atoms with E-state index < -0.39 is 0 Å². The van der Waals surface area contributed by atoms with Gasteiger partial charge in [-0.15, -0.1) is 0 Å². The SMILES string of the molecule is CN(C)c1ccc(CNc2nc(NCc3ccccc3)nc(NC3CCCCC3)n2)cc1. The number of aromatic nitrogens is 3. The quantitative estimate of drug-likeness (QED) is 0.444. The van der Waals surface area contributed by atoms with Gasteiger partial charge in [-0.25, -0.2) is 0 Å². The number of nitrogens with zero attached hydrogens (tertiary/aromatic N) is 4. The lowest BCUT2D eigenvalue weighted by molar-refractivity contribution is 0.461. The monoisotopic (exact) mass is 431 g/mol. The molecule has 1 aromatic heterocycles. The lowest BCUT2D eigenvalue weighted by Crippen LogP contribution is -2.24. The highest BCUT2D eigenvalue weighted by molar-refractivity contribution is 5.47. The van der Waals surface area contributed by atoms with Crippen molar-refractivity contribution in [1.29, 1.82) is 0 Å². The number of rotatable bonds is 9. The molecule has 1 saturated carbocycles. The highest BCUT2D eigenvalue weighted by Gasteiger charge is 2.15. The Morgan fingerprint density at radius 3 is 1.88 bits per heavy atom. The molecule has 32 heavy (non-hydrogen) atoms. The molecule has 7 nitrogen and oxygen atoms in total. The second-order valence-corrected chi connectivity index (χ2v) is 8.54. The fourth-order valence-corrected chi connectivity index (χ4v) is 3.90. The molecule has 7 heteroatoms. The van der Waals surface area contributed by atoms with Gasteiger partial charge in [0.2, 0.25) is 17.8 Å². The molecule has 1 fully saturated rings. The zero-order chi connectivity index (χ0) is 22.2. The molecule has 1 aliphatic rings. The van der Waals surface area contributed by atoms with Gasteiger partial charge in [0.1, 0.15) is 0 Å². The summed E-state index contributed by atoms with van der Waals surface area (Å²) in [7, 11) is 4.09. The Morgan fingerprint density at radius 1 is 0.719 bits per heavy atom. The molecule has 0 spiro atoms. The molecule has 0 aliphatic heterocycles. The molecule has 0 unspecified atom stereocenters. The summed E-state index contributed by atoms with van der Waals surface area (Å²) in [5.74, 6) is 1.78. The van der Waals surface area contributed by atoms with Crippen molar-refractivity contribution in [3.05, 3.63) is 65.7 Å². The van der Waals surface area contributed by atoms with Crippen molar-refractivity contribution in [2.24, 2.45) is 0 Å². The molecular weight excluding hydrogens is 398 g/mol. The Balaban J connectivity index is 1.46. The molecular formula is C25H33N7. The third-order valence-electron chi connectivity index (χ3n) is 5.77. The summed E-state index contributed by atoms with van der Waals surface area (Å²) in [5.41, 5.74) is 3.54. The summed E-state index contributed by atoms with van der Waals surface area (Å²) in [5, 5.41) is 10.2. The van der Waals surface area contributed by atoms with Crippen LogP contribution in [-0.4, -0.2) is 35.1 Å².